The lowest BCUT2D eigenvalue weighted by Crippen LogP contribution is -2.70. The van der Waals surface area contributed by atoms with Crippen LogP contribution in [0.1, 0.15) is 99.8 Å². The second kappa shape index (κ2) is 18.5. The van der Waals surface area contributed by atoms with Gasteiger partial charge in [-0.1, -0.05) is 53.2 Å². The fourth-order valence-electron chi connectivity index (χ4n) is 15.3. The van der Waals surface area contributed by atoms with Gasteiger partial charge < -0.3 is 94.8 Å². The first-order valence-electron chi connectivity index (χ1n) is 24.5. The first kappa shape index (κ1) is 52.3. The number of fused-ring (bicyclic) bond motifs is 7. The van der Waals surface area contributed by atoms with Crippen molar-refractivity contribution in [3.05, 3.63) is 11.6 Å². The van der Waals surface area contributed by atoms with Gasteiger partial charge in [0.2, 0.25) is 0 Å². The summed E-state index contributed by atoms with van der Waals surface area (Å²) in [6.45, 7) is 12.6. The molecule has 19 nitrogen and oxygen atoms in total. The van der Waals surface area contributed by atoms with E-state index in [2.05, 4.69) is 34.6 Å². The summed E-state index contributed by atoms with van der Waals surface area (Å²) in [6, 6.07) is 0. The van der Waals surface area contributed by atoms with Gasteiger partial charge in [0.15, 0.2) is 18.9 Å². The smallest absolute Gasteiger partial charge is 0.187 e. The summed E-state index contributed by atoms with van der Waals surface area (Å²) in [5.74, 6) is -0.654. The Labute approximate surface area is 392 Å². The van der Waals surface area contributed by atoms with E-state index in [9.17, 15) is 66.4 Å². The molecule has 0 aromatic carbocycles. The molecule has 0 aromatic heterocycles. The van der Waals surface area contributed by atoms with Crippen molar-refractivity contribution >= 4 is 0 Å². The highest BCUT2D eigenvalue weighted by molar-refractivity contribution is 5.37. The normalized spacial score (nSPS) is 56.5. The van der Waals surface area contributed by atoms with E-state index < -0.39 is 151 Å². The Morgan fingerprint density at radius 3 is 1.73 bits per heavy atom. The second-order valence-corrected chi connectivity index (χ2v) is 23.6. The third-order valence-electron chi connectivity index (χ3n) is 19.5. The third-order valence-corrected chi connectivity index (χ3v) is 19.5. The highest BCUT2D eigenvalue weighted by Crippen LogP contribution is 2.76. The molecule has 0 aromatic rings. The largest absolute Gasteiger partial charge is 0.396 e. The van der Waals surface area contributed by atoms with Crippen molar-refractivity contribution < 1.29 is 94.8 Å². The van der Waals surface area contributed by atoms with Gasteiger partial charge in [0.1, 0.15) is 67.1 Å². The topological polar surface area (TPSA) is 318 Å². The molecule has 0 radical (unpaired) electrons. The highest BCUT2D eigenvalue weighted by Gasteiger charge is 2.72. The van der Waals surface area contributed by atoms with Crippen LogP contribution in [0.3, 0.4) is 0 Å². The van der Waals surface area contributed by atoms with Gasteiger partial charge in [-0.2, -0.15) is 0 Å². The van der Waals surface area contributed by atoms with E-state index in [-0.39, 0.29) is 36.4 Å². The van der Waals surface area contributed by atoms with Crippen LogP contribution in [0.4, 0.5) is 0 Å². The molecule has 8 rings (SSSR count). The molecule has 8 aliphatic rings. The predicted octanol–water partition coefficient (Wildman–Crippen LogP) is -1.44. The molecule has 19 heteroatoms. The third kappa shape index (κ3) is 8.05. The maximum absolute atomic E-state index is 12.6. The van der Waals surface area contributed by atoms with Crippen LogP contribution in [0, 0.1) is 50.2 Å². The molecule has 0 spiro atoms. The van der Waals surface area contributed by atoms with Gasteiger partial charge in [0.25, 0.3) is 0 Å². The predicted molar refractivity (Wildman–Crippen MR) is 233 cm³/mol. The Balaban J connectivity index is 1.12. The fraction of sp³-hybridized carbons (Fsp3) is 0.958. The zero-order valence-electron chi connectivity index (χ0n) is 40.0. The van der Waals surface area contributed by atoms with Crippen LogP contribution in [0.5, 0.6) is 0 Å². The van der Waals surface area contributed by atoms with Gasteiger partial charge in [-0.15, -0.1) is 0 Å². The molecule has 13 N–H and O–H groups in total. The molecule has 26 atom stereocenters. The number of hydrogen-bond donors (Lipinski definition) is 13. The first-order chi connectivity index (χ1) is 31.3. The van der Waals surface area contributed by atoms with Crippen LogP contribution in [0.25, 0.3) is 0 Å². The fourth-order valence-corrected chi connectivity index (χ4v) is 15.3. The molecular formula is C48H80O19. The maximum atomic E-state index is 12.6. The molecule has 67 heavy (non-hydrogen) atoms. The minimum Gasteiger partial charge on any atom is -0.396 e. The molecule has 3 unspecified atom stereocenters. The van der Waals surface area contributed by atoms with Crippen molar-refractivity contribution in [3.8, 4) is 0 Å². The second-order valence-electron chi connectivity index (χ2n) is 23.6. The Morgan fingerprint density at radius 2 is 1.18 bits per heavy atom. The quantitative estimate of drug-likeness (QED) is 0.0881. The van der Waals surface area contributed by atoms with Crippen LogP contribution in [0.15, 0.2) is 11.6 Å². The van der Waals surface area contributed by atoms with Crippen molar-refractivity contribution in [2.75, 3.05) is 26.4 Å². The van der Waals surface area contributed by atoms with Gasteiger partial charge in [0.05, 0.1) is 50.8 Å². The average molecular weight is 961 g/mol. The molecule has 0 bridgehead atoms. The summed E-state index contributed by atoms with van der Waals surface area (Å²) in [5.41, 5.74) is -2.16. The number of rotatable bonds is 10. The van der Waals surface area contributed by atoms with Crippen LogP contribution in [-0.2, 0) is 28.4 Å². The Bertz CT molecular complexity index is 1790. The summed E-state index contributed by atoms with van der Waals surface area (Å²) in [4.78, 5) is 0. The van der Waals surface area contributed by atoms with Crippen molar-refractivity contribution in [1.82, 2.24) is 0 Å². The Morgan fingerprint density at radius 1 is 0.597 bits per heavy atom. The molecule has 3 aliphatic heterocycles. The molecule has 5 aliphatic carbocycles. The van der Waals surface area contributed by atoms with Crippen molar-refractivity contribution in [2.45, 2.75) is 210 Å². The Hall–Kier alpha value is -1.02. The highest BCUT2D eigenvalue weighted by atomic mass is 16.8. The van der Waals surface area contributed by atoms with Crippen molar-refractivity contribution in [1.29, 1.82) is 0 Å². The van der Waals surface area contributed by atoms with Crippen LogP contribution in [-0.4, -0.2) is 203 Å². The van der Waals surface area contributed by atoms with Gasteiger partial charge >= 0.3 is 0 Å². The monoisotopic (exact) mass is 961 g/mol. The average Bonchev–Trinajstić information content (AvgIpc) is 3.28. The molecule has 386 valence electrons. The maximum Gasteiger partial charge on any atom is 0.187 e. The van der Waals surface area contributed by atoms with Crippen molar-refractivity contribution in [2.24, 2.45) is 50.2 Å². The molecule has 7 fully saturated rings. The molecule has 4 saturated carbocycles. The lowest BCUT2D eigenvalue weighted by atomic mass is 9.33. The lowest BCUT2D eigenvalue weighted by molar-refractivity contribution is -0.398. The zero-order chi connectivity index (χ0) is 49.1. The number of ether oxygens (including phenoxy) is 6. The van der Waals surface area contributed by atoms with Gasteiger partial charge in [-0.05, 0) is 91.8 Å². The van der Waals surface area contributed by atoms with Gasteiger partial charge in [-0.3, -0.25) is 0 Å². The minimum atomic E-state index is -1.91. The minimum absolute atomic E-state index is 0.0152. The van der Waals surface area contributed by atoms with Crippen LogP contribution >= 0.6 is 0 Å². The lowest BCUT2D eigenvalue weighted by Gasteiger charge is -2.72. The van der Waals surface area contributed by atoms with E-state index >= 15 is 0 Å². The standard InChI is InChI=1S/C48H80O19/c1-21-30(55)37(66-40-35(60)33(58)31(56)25(17-49)63-40)38(67-41-36(61)34(59)32(57)26(18-50)64-41)42(62-21)65-29-9-10-44(4)27(45(29,5)19-51)8-11-46(6)39(44)24(53)14-22-23-15-43(2,3)12-13-48(23,20-52)28(54)16-47(22,46)7/h14,21,23-42,49-61H,8-13,15-20H2,1-7H3/t21-,23-,24?,25-,26-,27-,28?,29?,30+,31-,32-,33+,34+,35-,36-,37+,38-,39-,40+,41+,42+,44+,45+,46-,47-,48-/m1/s1. The van der Waals surface area contributed by atoms with Gasteiger partial charge in [-0.25, -0.2) is 0 Å². The molecule has 3 heterocycles. The number of aliphatic hydroxyl groups excluding tert-OH is 13. The van der Waals surface area contributed by atoms with Crippen LogP contribution in [0.2, 0.25) is 0 Å². The van der Waals surface area contributed by atoms with E-state index in [0.717, 1.165) is 18.4 Å². The van der Waals surface area contributed by atoms with Gasteiger partial charge in [0, 0.05) is 16.7 Å². The first-order valence-corrected chi connectivity index (χ1v) is 24.5. The Kier molecular flexibility index (Phi) is 14.4. The zero-order valence-corrected chi connectivity index (χ0v) is 40.0. The number of allylic oxidation sites excluding steroid dienone is 1. The van der Waals surface area contributed by atoms with Crippen LogP contribution < -0.4 is 0 Å². The number of aliphatic hydroxyl groups is 13. The SMILES string of the molecule is C[C@H]1O[C@@H](OC2CC[C@@]3(C)[C@@H](CC[C@]4(C)[C@@H]3C(O)C=C3[C@H]5CC(C)(C)CC[C@]5(CO)C(O)C[C@]34C)[C@]2(C)CO)[C@H](O[C@@H]2O[C@H](CO)[C@@H](O)[C@H](O)[C@H]2O)[C@@H](O[C@@H]2O[C@H](CO)[C@@H](O)[C@H](O)[C@H]2O)[C@H]1O. The summed E-state index contributed by atoms with van der Waals surface area (Å²) in [6.07, 6.45) is -20.1. The van der Waals surface area contributed by atoms with E-state index in [4.69, 9.17) is 28.4 Å². The molecule has 0 amide bonds. The molecular weight excluding hydrogens is 881 g/mol. The molecule has 3 saturated heterocycles. The summed E-state index contributed by atoms with van der Waals surface area (Å²) < 4.78 is 37.1. The van der Waals surface area contributed by atoms with E-state index in [1.807, 2.05) is 13.0 Å². The summed E-state index contributed by atoms with van der Waals surface area (Å²) >= 11 is 0. The van der Waals surface area contributed by atoms with E-state index in [1.165, 1.54) is 6.92 Å². The summed E-state index contributed by atoms with van der Waals surface area (Å²) in [7, 11) is 0. The van der Waals surface area contributed by atoms with E-state index in [0.29, 0.717) is 38.5 Å². The number of hydrogen-bond acceptors (Lipinski definition) is 19. The summed E-state index contributed by atoms with van der Waals surface area (Å²) in [5, 5.41) is 143. The van der Waals surface area contributed by atoms with Crippen molar-refractivity contribution in [3.63, 3.8) is 0 Å². The van der Waals surface area contributed by atoms with E-state index in [1.54, 1.807) is 0 Å².